The summed E-state index contributed by atoms with van der Waals surface area (Å²) < 4.78 is 11.9. The van der Waals surface area contributed by atoms with Gasteiger partial charge in [0.2, 0.25) is 5.43 Å². The molecule has 0 saturated carbocycles. The van der Waals surface area contributed by atoms with Gasteiger partial charge in [-0.2, -0.15) is 5.10 Å². The van der Waals surface area contributed by atoms with Crippen molar-refractivity contribution in [1.29, 1.82) is 0 Å². The molecule has 28 heavy (non-hydrogen) atoms. The largest absolute Gasteiger partial charge is 0.497 e. The molecule has 0 fully saturated rings. The monoisotopic (exact) mass is 399 g/mol. The molecule has 0 spiro atoms. The van der Waals surface area contributed by atoms with Crippen LogP contribution in [0.2, 0.25) is 5.02 Å². The molecule has 1 N–H and O–H groups in total. The molecule has 0 saturated heterocycles. The van der Waals surface area contributed by atoms with Crippen LogP contribution in [0, 0.1) is 6.92 Å². The minimum absolute atomic E-state index is 0.234. The predicted molar refractivity (Wildman–Crippen MR) is 107 cm³/mol. The first-order valence-electron chi connectivity index (χ1n) is 8.32. The number of anilines is 1. The van der Waals surface area contributed by atoms with Gasteiger partial charge in [-0.25, -0.2) is 4.68 Å². The van der Waals surface area contributed by atoms with E-state index < -0.39 is 11.3 Å². The standard InChI is InChI=1S/C20H18ClN3O4/c1-12-8-18(25)19(23-24(12)15-6-4-13(21)5-7-15)20(26)22-14-9-16(27-2)11-17(10-14)28-3/h4-11H,1-3H3,(H,22,26). The van der Waals surface area contributed by atoms with Crippen molar-refractivity contribution in [2.45, 2.75) is 6.92 Å². The molecule has 0 bridgehead atoms. The molecule has 0 aliphatic heterocycles. The summed E-state index contributed by atoms with van der Waals surface area (Å²) in [6, 6.07) is 13.2. The van der Waals surface area contributed by atoms with Crippen LogP contribution in [-0.2, 0) is 0 Å². The Bertz CT molecular complexity index is 1060. The fraction of sp³-hybridized carbons (Fsp3) is 0.150. The Morgan fingerprint density at radius 2 is 1.64 bits per heavy atom. The van der Waals surface area contributed by atoms with Crippen LogP contribution in [0.4, 0.5) is 5.69 Å². The van der Waals surface area contributed by atoms with Crippen LogP contribution in [0.5, 0.6) is 11.5 Å². The van der Waals surface area contributed by atoms with Crippen molar-refractivity contribution in [1.82, 2.24) is 9.78 Å². The maximum absolute atomic E-state index is 12.7. The molecule has 0 aliphatic carbocycles. The van der Waals surface area contributed by atoms with Gasteiger partial charge in [0.25, 0.3) is 5.91 Å². The van der Waals surface area contributed by atoms with Gasteiger partial charge in [-0.1, -0.05) is 11.6 Å². The van der Waals surface area contributed by atoms with Gasteiger partial charge in [0.05, 0.1) is 19.9 Å². The zero-order valence-corrected chi connectivity index (χ0v) is 16.3. The Balaban J connectivity index is 1.97. The summed E-state index contributed by atoms with van der Waals surface area (Å²) >= 11 is 5.92. The van der Waals surface area contributed by atoms with E-state index in [-0.39, 0.29) is 5.69 Å². The Morgan fingerprint density at radius 1 is 1.04 bits per heavy atom. The number of hydrogen-bond acceptors (Lipinski definition) is 5. The molecule has 1 aromatic heterocycles. The lowest BCUT2D eigenvalue weighted by atomic mass is 10.2. The number of nitrogens with one attached hydrogen (secondary N) is 1. The molecule has 0 atom stereocenters. The average molecular weight is 400 g/mol. The second kappa shape index (κ2) is 8.14. The van der Waals surface area contributed by atoms with Gasteiger partial charge < -0.3 is 14.8 Å². The Labute approximate surface area is 166 Å². The molecule has 1 heterocycles. The minimum atomic E-state index is -0.636. The van der Waals surface area contributed by atoms with Gasteiger partial charge >= 0.3 is 0 Å². The van der Waals surface area contributed by atoms with Gasteiger partial charge in [0.1, 0.15) is 11.5 Å². The molecule has 3 rings (SSSR count). The zero-order valence-electron chi connectivity index (χ0n) is 15.5. The van der Waals surface area contributed by atoms with E-state index in [2.05, 4.69) is 10.4 Å². The normalized spacial score (nSPS) is 10.4. The van der Waals surface area contributed by atoms with E-state index in [1.165, 1.54) is 25.0 Å². The van der Waals surface area contributed by atoms with Crippen molar-refractivity contribution in [3.05, 3.63) is 75.2 Å². The third-order valence-corrected chi connectivity index (χ3v) is 4.26. The van der Waals surface area contributed by atoms with E-state index in [1.54, 1.807) is 49.4 Å². The highest BCUT2D eigenvalue weighted by molar-refractivity contribution is 6.30. The Kier molecular flexibility index (Phi) is 5.65. The van der Waals surface area contributed by atoms with Crippen molar-refractivity contribution in [3.8, 4) is 17.2 Å². The lowest BCUT2D eigenvalue weighted by Crippen LogP contribution is -2.26. The number of amides is 1. The van der Waals surface area contributed by atoms with Crippen LogP contribution in [0.25, 0.3) is 5.69 Å². The summed E-state index contributed by atoms with van der Waals surface area (Å²) in [6.45, 7) is 1.73. The number of benzene rings is 2. The van der Waals surface area contributed by atoms with Gasteiger partial charge in [0, 0.05) is 40.7 Å². The number of carbonyl (C=O) groups is 1. The van der Waals surface area contributed by atoms with Gasteiger partial charge in [-0.05, 0) is 31.2 Å². The number of aryl methyl sites for hydroxylation is 1. The van der Waals surface area contributed by atoms with Crippen molar-refractivity contribution in [2.75, 3.05) is 19.5 Å². The first-order valence-corrected chi connectivity index (χ1v) is 8.70. The summed E-state index contributed by atoms with van der Waals surface area (Å²) in [5.74, 6) is 0.373. The summed E-state index contributed by atoms with van der Waals surface area (Å²) in [6.07, 6.45) is 0. The van der Waals surface area contributed by atoms with Crippen molar-refractivity contribution < 1.29 is 14.3 Å². The summed E-state index contributed by atoms with van der Waals surface area (Å²) in [7, 11) is 3.01. The number of carbonyl (C=O) groups excluding carboxylic acids is 1. The highest BCUT2D eigenvalue weighted by atomic mass is 35.5. The van der Waals surface area contributed by atoms with Crippen LogP contribution < -0.4 is 20.2 Å². The molecule has 1 amide bonds. The Hall–Kier alpha value is -3.32. The number of nitrogens with zero attached hydrogens (tertiary/aromatic N) is 2. The Morgan fingerprint density at radius 3 is 2.21 bits per heavy atom. The first kappa shape index (κ1) is 19.4. The third-order valence-electron chi connectivity index (χ3n) is 4.00. The van der Waals surface area contributed by atoms with Gasteiger partial charge in [0.15, 0.2) is 5.69 Å². The fourth-order valence-corrected chi connectivity index (χ4v) is 2.74. The number of rotatable bonds is 5. The maximum Gasteiger partial charge on any atom is 0.280 e. The third kappa shape index (κ3) is 4.15. The second-order valence-electron chi connectivity index (χ2n) is 5.94. The lowest BCUT2D eigenvalue weighted by Gasteiger charge is -2.12. The van der Waals surface area contributed by atoms with E-state index in [1.807, 2.05) is 0 Å². The minimum Gasteiger partial charge on any atom is -0.497 e. The second-order valence-corrected chi connectivity index (χ2v) is 6.38. The number of aromatic nitrogens is 2. The summed E-state index contributed by atoms with van der Waals surface area (Å²) in [5.41, 5.74) is 0.976. The van der Waals surface area contributed by atoms with E-state index in [9.17, 15) is 9.59 Å². The summed E-state index contributed by atoms with van der Waals surface area (Å²) in [4.78, 5) is 25.0. The van der Waals surface area contributed by atoms with Crippen LogP contribution in [-0.4, -0.2) is 29.9 Å². The topological polar surface area (TPSA) is 82.5 Å². The predicted octanol–water partition coefficient (Wildman–Crippen LogP) is 3.46. The number of ether oxygens (including phenoxy) is 2. The molecule has 144 valence electrons. The van der Waals surface area contributed by atoms with Crippen molar-refractivity contribution >= 4 is 23.2 Å². The van der Waals surface area contributed by atoms with Crippen LogP contribution in [0.3, 0.4) is 0 Å². The van der Waals surface area contributed by atoms with Gasteiger partial charge in [-0.3, -0.25) is 9.59 Å². The fourth-order valence-electron chi connectivity index (χ4n) is 2.62. The van der Waals surface area contributed by atoms with Crippen molar-refractivity contribution in [2.24, 2.45) is 0 Å². The first-order chi connectivity index (χ1) is 13.4. The molecule has 0 aliphatic rings. The molecule has 0 radical (unpaired) electrons. The molecule has 0 unspecified atom stereocenters. The molecule has 2 aromatic carbocycles. The smallest absolute Gasteiger partial charge is 0.280 e. The quantitative estimate of drug-likeness (QED) is 0.710. The number of methoxy groups -OCH3 is 2. The highest BCUT2D eigenvalue weighted by Crippen LogP contribution is 2.26. The molecular formula is C20H18ClN3O4. The van der Waals surface area contributed by atoms with Crippen LogP contribution in [0.15, 0.2) is 53.3 Å². The van der Waals surface area contributed by atoms with E-state index in [4.69, 9.17) is 21.1 Å². The highest BCUT2D eigenvalue weighted by Gasteiger charge is 2.16. The van der Waals surface area contributed by atoms with Crippen LogP contribution in [0.1, 0.15) is 16.2 Å². The zero-order chi connectivity index (χ0) is 20.3. The number of halogens is 1. The van der Waals surface area contributed by atoms with E-state index in [0.717, 1.165) is 0 Å². The van der Waals surface area contributed by atoms with Crippen LogP contribution >= 0.6 is 11.6 Å². The summed E-state index contributed by atoms with van der Waals surface area (Å²) in [5, 5.41) is 7.48. The lowest BCUT2D eigenvalue weighted by molar-refractivity contribution is 0.101. The SMILES string of the molecule is COc1cc(NC(=O)c2nn(-c3ccc(Cl)cc3)c(C)cc2=O)cc(OC)c1. The molecular weight excluding hydrogens is 382 g/mol. The van der Waals surface area contributed by atoms with E-state index in [0.29, 0.717) is 33.6 Å². The molecule has 7 nitrogen and oxygen atoms in total. The molecule has 8 heteroatoms. The number of hydrogen-bond donors (Lipinski definition) is 1. The van der Waals surface area contributed by atoms with E-state index >= 15 is 0 Å². The van der Waals surface area contributed by atoms with Gasteiger partial charge in [-0.15, -0.1) is 0 Å². The maximum atomic E-state index is 12.7. The molecule has 3 aromatic rings. The van der Waals surface area contributed by atoms with Crippen molar-refractivity contribution in [3.63, 3.8) is 0 Å². The average Bonchev–Trinajstić information content (AvgIpc) is 2.68.